The molecule has 0 aromatic heterocycles. The molecule has 18 heavy (non-hydrogen) atoms. The third-order valence-corrected chi connectivity index (χ3v) is 3.49. The van der Waals surface area contributed by atoms with Gasteiger partial charge in [-0.1, -0.05) is 6.92 Å². The van der Waals surface area contributed by atoms with Gasteiger partial charge in [0, 0.05) is 19.1 Å². The number of nitrogens with zero attached hydrogens (tertiary/aromatic N) is 2. The van der Waals surface area contributed by atoms with Crippen molar-refractivity contribution in [3.05, 3.63) is 0 Å². The minimum absolute atomic E-state index is 0.704. The van der Waals surface area contributed by atoms with Crippen molar-refractivity contribution < 1.29 is 4.74 Å². The summed E-state index contributed by atoms with van der Waals surface area (Å²) < 4.78 is 5.58. The smallest absolute Gasteiger partial charge is 0.0593 e. The van der Waals surface area contributed by atoms with Gasteiger partial charge < -0.3 is 19.9 Å². The quantitative estimate of drug-likeness (QED) is 0.624. The maximum absolute atomic E-state index is 5.58. The van der Waals surface area contributed by atoms with Crippen molar-refractivity contribution in [1.82, 2.24) is 15.1 Å². The van der Waals surface area contributed by atoms with Crippen LogP contribution in [0.4, 0.5) is 0 Å². The van der Waals surface area contributed by atoms with Crippen molar-refractivity contribution >= 4 is 0 Å². The van der Waals surface area contributed by atoms with Gasteiger partial charge in [0.05, 0.1) is 13.2 Å². The van der Waals surface area contributed by atoms with E-state index in [1.165, 1.54) is 38.9 Å². The molecule has 1 N–H and O–H groups in total. The number of likely N-dealkylation sites (tertiary alicyclic amines) is 1. The van der Waals surface area contributed by atoms with E-state index in [2.05, 4.69) is 36.1 Å². The lowest BCUT2D eigenvalue weighted by Crippen LogP contribution is -2.43. The Morgan fingerprint density at radius 2 is 1.94 bits per heavy atom. The second kappa shape index (κ2) is 9.73. The van der Waals surface area contributed by atoms with Crippen LogP contribution in [-0.4, -0.2) is 75.9 Å². The van der Waals surface area contributed by atoms with E-state index in [0.29, 0.717) is 6.04 Å². The second-order valence-corrected chi connectivity index (χ2v) is 5.49. The zero-order valence-electron chi connectivity index (χ0n) is 12.5. The molecule has 1 fully saturated rings. The van der Waals surface area contributed by atoms with Crippen LogP contribution in [-0.2, 0) is 4.74 Å². The minimum atomic E-state index is 0.704. The van der Waals surface area contributed by atoms with Crippen molar-refractivity contribution in [1.29, 1.82) is 0 Å². The number of likely N-dealkylation sites (N-methyl/N-ethyl adjacent to an activating group) is 1. The monoisotopic (exact) mass is 257 g/mol. The average molecular weight is 257 g/mol. The summed E-state index contributed by atoms with van der Waals surface area (Å²) in [6, 6.07) is 0.704. The molecule has 1 heterocycles. The predicted octanol–water partition coefficient (Wildman–Crippen LogP) is 1.03. The van der Waals surface area contributed by atoms with Gasteiger partial charge in [0.15, 0.2) is 0 Å². The third kappa shape index (κ3) is 7.31. The van der Waals surface area contributed by atoms with Crippen LogP contribution in [0.5, 0.6) is 0 Å². The molecule has 0 aromatic carbocycles. The van der Waals surface area contributed by atoms with Crippen molar-refractivity contribution in [3.63, 3.8) is 0 Å². The van der Waals surface area contributed by atoms with Gasteiger partial charge >= 0.3 is 0 Å². The number of ether oxygens (including phenoxy) is 1. The molecule has 0 radical (unpaired) electrons. The number of hydrogen-bond acceptors (Lipinski definition) is 4. The Kier molecular flexibility index (Phi) is 8.59. The van der Waals surface area contributed by atoms with Crippen LogP contribution >= 0.6 is 0 Å². The molecule has 0 unspecified atom stereocenters. The molecular formula is C14H31N3O. The molecule has 0 spiro atoms. The zero-order valence-corrected chi connectivity index (χ0v) is 12.5. The molecule has 0 aromatic rings. The van der Waals surface area contributed by atoms with Crippen LogP contribution in [0.25, 0.3) is 0 Å². The number of piperidine rings is 1. The summed E-state index contributed by atoms with van der Waals surface area (Å²) in [5, 5.41) is 3.61. The lowest BCUT2D eigenvalue weighted by Gasteiger charge is -2.32. The van der Waals surface area contributed by atoms with Crippen LogP contribution in [0.1, 0.15) is 26.2 Å². The molecule has 0 saturated carbocycles. The molecule has 0 amide bonds. The van der Waals surface area contributed by atoms with Crippen molar-refractivity contribution in [2.24, 2.45) is 0 Å². The van der Waals surface area contributed by atoms with E-state index < -0.39 is 0 Å². The van der Waals surface area contributed by atoms with Gasteiger partial charge in [-0.15, -0.1) is 0 Å². The highest BCUT2D eigenvalue weighted by Gasteiger charge is 2.17. The number of hydrogen-bond donors (Lipinski definition) is 1. The molecule has 1 rings (SSSR count). The summed E-state index contributed by atoms with van der Waals surface area (Å²) in [6.07, 6.45) is 3.85. The van der Waals surface area contributed by atoms with Gasteiger partial charge in [-0.05, 0) is 53.0 Å². The summed E-state index contributed by atoms with van der Waals surface area (Å²) in [4.78, 5) is 4.72. The maximum Gasteiger partial charge on any atom is 0.0593 e. The second-order valence-electron chi connectivity index (χ2n) is 5.49. The summed E-state index contributed by atoms with van der Waals surface area (Å²) in [5.74, 6) is 0. The predicted molar refractivity (Wildman–Crippen MR) is 77.1 cm³/mol. The number of rotatable bonds is 9. The highest BCUT2D eigenvalue weighted by Crippen LogP contribution is 2.10. The van der Waals surface area contributed by atoms with E-state index in [4.69, 9.17) is 4.74 Å². The molecule has 1 aliphatic heterocycles. The molecule has 4 heteroatoms. The Bertz CT molecular complexity index is 191. The molecular weight excluding hydrogens is 226 g/mol. The Hall–Kier alpha value is -0.160. The lowest BCUT2D eigenvalue weighted by atomic mass is 10.1. The zero-order chi connectivity index (χ0) is 13.2. The Balaban J connectivity index is 1.91. The van der Waals surface area contributed by atoms with Crippen LogP contribution in [0.2, 0.25) is 0 Å². The Labute approximate surface area is 113 Å². The SMILES string of the molecule is CCCN1CCC(NCCOCCN(C)C)CC1. The van der Waals surface area contributed by atoms with Gasteiger partial charge in [-0.2, -0.15) is 0 Å². The summed E-state index contributed by atoms with van der Waals surface area (Å²) in [5.41, 5.74) is 0. The fraction of sp³-hybridized carbons (Fsp3) is 1.00. The normalized spacial score (nSPS) is 18.7. The van der Waals surface area contributed by atoms with E-state index in [-0.39, 0.29) is 0 Å². The highest BCUT2D eigenvalue weighted by atomic mass is 16.5. The van der Waals surface area contributed by atoms with Crippen LogP contribution in [0, 0.1) is 0 Å². The van der Waals surface area contributed by atoms with E-state index in [1.54, 1.807) is 0 Å². The van der Waals surface area contributed by atoms with Crippen molar-refractivity contribution in [2.45, 2.75) is 32.2 Å². The first kappa shape index (κ1) is 15.9. The fourth-order valence-electron chi connectivity index (χ4n) is 2.36. The van der Waals surface area contributed by atoms with Crippen molar-refractivity contribution in [3.8, 4) is 0 Å². The van der Waals surface area contributed by atoms with Gasteiger partial charge in [0.25, 0.3) is 0 Å². The first-order valence-corrected chi connectivity index (χ1v) is 7.40. The fourth-order valence-corrected chi connectivity index (χ4v) is 2.36. The van der Waals surface area contributed by atoms with E-state index in [1.807, 2.05) is 0 Å². The standard InChI is InChI=1S/C14H31N3O/c1-4-8-17-9-5-14(6-10-17)15-7-12-18-13-11-16(2)3/h14-15H,4-13H2,1-3H3. The first-order chi connectivity index (χ1) is 8.72. The van der Waals surface area contributed by atoms with Gasteiger partial charge in [0.2, 0.25) is 0 Å². The van der Waals surface area contributed by atoms with Gasteiger partial charge in [-0.3, -0.25) is 0 Å². The van der Waals surface area contributed by atoms with E-state index in [9.17, 15) is 0 Å². The Morgan fingerprint density at radius 3 is 2.56 bits per heavy atom. The molecule has 0 bridgehead atoms. The molecule has 1 aliphatic rings. The average Bonchev–Trinajstić information content (AvgIpc) is 2.35. The minimum Gasteiger partial charge on any atom is -0.379 e. The lowest BCUT2D eigenvalue weighted by molar-refractivity contribution is 0.113. The Morgan fingerprint density at radius 1 is 1.22 bits per heavy atom. The molecule has 1 saturated heterocycles. The van der Waals surface area contributed by atoms with Crippen molar-refractivity contribution in [2.75, 3.05) is 60.0 Å². The van der Waals surface area contributed by atoms with Crippen LogP contribution in [0.3, 0.4) is 0 Å². The molecule has 4 nitrogen and oxygen atoms in total. The third-order valence-electron chi connectivity index (χ3n) is 3.49. The highest BCUT2D eigenvalue weighted by molar-refractivity contribution is 4.76. The largest absolute Gasteiger partial charge is 0.379 e. The number of nitrogens with one attached hydrogen (secondary N) is 1. The molecule has 0 atom stereocenters. The summed E-state index contributed by atoms with van der Waals surface area (Å²) in [6.45, 7) is 9.71. The van der Waals surface area contributed by atoms with Gasteiger partial charge in [0.1, 0.15) is 0 Å². The summed E-state index contributed by atoms with van der Waals surface area (Å²) >= 11 is 0. The van der Waals surface area contributed by atoms with E-state index in [0.717, 1.165) is 26.3 Å². The van der Waals surface area contributed by atoms with Crippen LogP contribution < -0.4 is 5.32 Å². The van der Waals surface area contributed by atoms with Crippen LogP contribution in [0.15, 0.2) is 0 Å². The van der Waals surface area contributed by atoms with Gasteiger partial charge in [-0.25, -0.2) is 0 Å². The molecule has 108 valence electrons. The molecule has 0 aliphatic carbocycles. The topological polar surface area (TPSA) is 27.7 Å². The van der Waals surface area contributed by atoms with E-state index >= 15 is 0 Å². The summed E-state index contributed by atoms with van der Waals surface area (Å²) in [7, 11) is 4.15. The maximum atomic E-state index is 5.58. The first-order valence-electron chi connectivity index (χ1n) is 7.40.